The minimum atomic E-state index is -0.276. The van der Waals surface area contributed by atoms with Gasteiger partial charge in [0.2, 0.25) is 5.95 Å². The molecule has 2 saturated heterocycles. The van der Waals surface area contributed by atoms with Crippen LogP contribution in [0.2, 0.25) is 0 Å². The Morgan fingerprint density at radius 3 is 2.92 bits per heavy atom. The third-order valence-electron chi connectivity index (χ3n) is 4.34. The average molecular weight is 347 g/mol. The van der Waals surface area contributed by atoms with E-state index in [-0.39, 0.29) is 6.10 Å². The lowest BCUT2D eigenvalue weighted by molar-refractivity contribution is 0.140. The molecular weight excluding hydrogens is 326 g/mol. The summed E-state index contributed by atoms with van der Waals surface area (Å²) < 4.78 is 5.50. The van der Waals surface area contributed by atoms with E-state index in [4.69, 9.17) is 9.72 Å². The maximum Gasteiger partial charge on any atom is 0.227 e. The fourth-order valence-corrected chi connectivity index (χ4v) is 3.56. The van der Waals surface area contributed by atoms with Gasteiger partial charge in [0.15, 0.2) is 0 Å². The molecule has 0 radical (unpaired) electrons. The number of nitrogens with one attached hydrogen (secondary N) is 1. The highest BCUT2D eigenvalue weighted by atomic mass is 32.1. The van der Waals surface area contributed by atoms with Crippen molar-refractivity contribution in [2.45, 2.75) is 31.9 Å². The monoisotopic (exact) mass is 347 g/mol. The molecule has 8 heteroatoms. The van der Waals surface area contributed by atoms with E-state index in [2.05, 4.69) is 20.7 Å². The number of aliphatic hydroxyl groups is 1. The van der Waals surface area contributed by atoms with E-state index in [0.29, 0.717) is 38.1 Å². The zero-order chi connectivity index (χ0) is 16.5. The third kappa shape index (κ3) is 3.35. The normalized spacial score (nSPS) is 21.1. The van der Waals surface area contributed by atoms with Crippen molar-refractivity contribution in [3.63, 3.8) is 0 Å². The molecule has 2 N–H and O–H groups in total. The van der Waals surface area contributed by atoms with Crippen molar-refractivity contribution in [2.75, 3.05) is 36.5 Å². The Bertz CT molecular complexity index is 710. The molecule has 2 fully saturated rings. The Hall–Kier alpha value is -1.77. The van der Waals surface area contributed by atoms with Crippen LogP contribution < -0.4 is 10.2 Å². The van der Waals surface area contributed by atoms with Gasteiger partial charge in [0.25, 0.3) is 0 Å². The number of hydrogen-bond acceptors (Lipinski definition) is 8. The number of β-amino-alcohol motifs (C(OH)–C–C–N with tert-alkyl or cyclic N) is 1. The van der Waals surface area contributed by atoms with Crippen molar-refractivity contribution in [1.82, 2.24) is 15.0 Å². The number of ether oxygens (including phenoxy) is 1. The molecule has 2 aromatic heterocycles. The van der Waals surface area contributed by atoms with Crippen LogP contribution in [0.1, 0.15) is 28.7 Å². The molecule has 0 amide bonds. The first kappa shape index (κ1) is 15.7. The summed E-state index contributed by atoms with van der Waals surface area (Å²) in [6, 6.07) is 2.01. The van der Waals surface area contributed by atoms with Gasteiger partial charge in [-0.15, -0.1) is 11.3 Å². The van der Waals surface area contributed by atoms with Crippen LogP contribution in [0.4, 0.5) is 11.8 Å². The molecule has 0 aliphatic carbocycles. The first-order valence-electron chi connectivity index (χ1n) is 8.22. The van der Waals surface area contributed by atoms with Crippen LogP contribution in [0, 0.1) is 6.92 Å². The first-order chi connectivity index (χ1) is 11.7. The zero-order valence-electron chi connectivity index (χ0n) is 13.6. The summed E-state index contributed by atoms with van der Waals surface area (Å²) in [6.07, 6.45) is 0.713. The number of aliphatic hydroxyl groups excluding tert-OH is 1. The van der Waals surface area contributed by atoms with Crippen molar-refractivity contribution < 1.29 is 9.84 Å². The highest BCUT2D eigenvalue weighted by Gasteiger charge is 2.28. The lowest BCUT2D eigenvalue weighted by Crippen LogP contribution is -2.51. The van der Waals surface area contributed by atoms with Gasteiger partial charge in [-0.05, 0) is 13.3 Å². The standard InChI is InChI=1S/C16H21N5O2S/c1-10-18-12(9-24-10)5-17-15-4-14(11-2-3-23-8-11)19-16(20-15)21-6-13(22)7-21/h4,9,11,13,22H,2-3,5-8H2,1H3,(H,17,19,20). The van der Waals surface area contributed by atoms with Crippen molar-refractivity contribution >= 4 is 23.1 Å². The Balaban J connectivity index is 1.54. The number of rotatable bonds is 5. The number of anilines is 2. The molecule has 2 aromatic rings. The van der Waals surface area contributed by atoms with E-state index in [1.165, 1.54) is 0 Å². The van der Waals surface area contributed by atoms with Crippen molar-refractivity contribution in [3.8, 4) is 0 Å². The van der Waals surface area contributed by atoms with Gasteiger partial charge in [-0.3, -0.25) is 0 Å². The molecule has 7 nitrogen and oxygen atoms in total. The molecular formula is C16H21N5O2S. The Morgan fingerprint density at radius 2 is 2.25 bits per heavy atom. The zero-order valence-corrected chi connectivity index (χ0v) is 14.4. The van der Waals surface area contributed by atoms with Gasteiger partial charge < -0.3 is 20.1 Å². The Morgan fingerprint density at radius 1 is 1.38 bits per heavy atom. The van der Waals surface area contributed by atoms with Crippen molar-refractivity contribution in [2.24, 2.45) is 0 Å². The summed E-state index contributed by atoms with van der Waals surface area (Å²) in [4.78, 5) is 15.8. The van der Waals surface area contributed by atoms with E-state index in [1.807, 2.05) is 17.9 Å². The largest absolute Gasteiger partial charge is 0.389 e. The van der Waals surface area contributed by atoms with E-state index in [9.17, 15) is 5.11 Å². The Labute approximate surface area is 144 Å². The second kappa shape index (κ2) is 6.62. The van der Waals surface area contributed by atoms with Crippen molar-refractivity contribution in [1.29, 1.82) is 0 Å². The molecule has 0 aromatic carbocycles. The molecule has 4 rings (SSSR count). The quantitative estimate of drug-likeness (QED) is 0.849. The third-order valence-corrected chi connectivity index (χ3v) is 5.17. The van der Waals surface area contributed by atoms with Crippen LogP contribution in [0.3, 0.4) is 0 Å². The first-order valence-corrected chi connectivity index (χ1v) is 9.10. The molecule has 0 saturated carbocycles. The van der Waals surface area contributed by atoms with E-state index < -0.39 is 0 Å². The summed E-state index contributed by atoms with van der Waals surface area (Å²) in [5.74, 6) is 1.80. The van der Waals surface area contributed by atoms with Gasteiger partial charge in [-0.2, -0.15) is 4.98 Å². The minimum Gasteiger partial charge on any atom is -0.389 e. The molecule has 0 spiro atoms. The highest BCUT2D eigenvalue weighted by molar-refractivity contribution is 7.09. The lowest BCUT2D eigenvalue weighted by Gasteiger charge is -2.36. The molecule has 4 heterocycles. The predicted octanol–water partition coefficient (Wildman–Crippen LogP) is 1.54. The fraction of sp³-hybridized carbons (Fsp3) is 0.562. The summed E-state index contributed by atoms with van der Waals surface area (Å²) >= 11 is 1.65. The molecule has 0 bridgehead atoms. The van der Waals surface area contributed by atoms with Gasteiger partial charge in [0, 0.05) is 37.1 Å². The number of aryl methyl sites for hydroxylation is 1. The lowest BCUT2D eigenvalue weighted by atomic mass is 10.0. The van der Waals surface area contributed by atoms with Crippen LogP contribution in [-0.4, -0.2) is 52.5 Å². The number of hydrogen-bond donors (Lipinski definition) is 2. The maximum absolute atomic E-state index is 9.54. The maximum atomic E-state index is 9.54. The van der Waals surface area contributed by atoms with Crippen molar-refractivity contribution in [3.05, 3.63) is 27.8 Å². The SMILES string of the molecule is Cc1nc(CNc2cc(C3CCOC3)nc(N3CC(O)C3)n2)cs1. The number of thiazole rings is 1. The van der Waals surface area contributed by atoms with Gasteiger partial charge >= 0.3 is 0 Å². The summed E-state index contributed by atoms with van der Waals surface area (Å²) in [6.45, 7) is 5.33. The highest BCUT2D eigenvalue weighted by Crippen LogP contribution is 2.28. The number of nitrogens with zero attached hydrogens (tertiary/aromatic N) is 4. The van der Waals surface area contributed by atoms with E-state index >= 15 is 0 Å². The Kier molecular flexibility index (Phi) is 4.34. The number of aromatic nitrogens is 3. The van der Waals surface area contributed by atoms with Crippen LogP contribution in [0.25, 0.3) is 0 Å². The van der Waals surface area contributed by atoms with Gasteiger partial charge in [0.1, 0.15) is 5.82 Å². The predicted molar refractivity (Wildman–Crippen MR) is 92.6 cm³/mol. The van der Waals surface area contributed by atoms with Crippen LogP contribution >= 0.6 is 11.3 Å². The summed E-state index contributed by atoms with van der Waals surface area (Å²) in [5.41, 5.74) is 2.03. The van der Waals surface area contributed by atoms with Gasteiger partial charge in [0.05, 0.1) is 35.7 Å². The molecule has 2 aliphatic rings. The van der Waals surface area contributed by atoms with E-state index in [1.54, 1.807) is 11.3 Å². The minimum absolute atomic E-state index is 0.276. The second-order valence-corrected chi connectivity index (χ2v) is 7.37. The van der Waals surface area contributed by atoms with Gasteiger partial charge in [-0.1, -0.05) is 0 Å². The van der Waals surface area contributed by atoms with Crippen LogP contribution in [0.15, 0.2) is 11.4 Å². The molecule has 128 valence electrons. The second-order valence-electron chi connectivity index (χ2n) is 6.31. The van der Waals surface area contributed by atoms with Crippen LogP contribution in [0.5, 0.6) is 0 Å². The smallest absolute Gasteiger partial charge is 0.227 e. The topological polar surface area (TPSA) is 83.4 Å². The summed E-state index contributed by atoms with van der Waals surface area (Å²) in [7, 11) is 0. The molecule has 1 atom stereocenters. The molecule has 1 unspecified atom stereocenters. The summed E-state index contributed by atoms with van der Waals surface area (Å²) in [5, 5.41) is 16.0. The van der Waals surface area contributed by atoms with Gasteiger partial charge in [-0.25, -0.2) is 9.97 Å². The van der Waals surface area contributed by atoms with E-state index in [0.717, 1.165) is 35.2 Å². The molecule has 2 aliphatic heterocycles. The fourth-order valence-electron chi connectivity index (χ4n) is 2.95. The van der Waals surface area contributed by atoms with Crippen LogP contribution in [-0.2, 0) is 11.3 Å². The average Bonchev–Trinajstić information content (AvgIpc) is 3.21. The molecule has 24 heavy (non-hydrogen) atoms.